The maximum Gasteiger partial charge on any atom is 0.313 e. The van der Waals surface area contributed by atoms with Crippen molar-refractivity contribution in [3.8, 4) is 0 Å². The summed E-state index contributed by atoms with van der Waals surface area (Å²) in [6, 6.07) is 0. The highest BCUT2D eigenvalue weighted by Gasteiger charge is 2.09. The average molecular weight is 399 g/mol. The Hall–Kier alpha value is -1.72. The lowest BCUT2D eigenvalue weighted by atomic mass is 10.0. The summed E-state index contributed by atoms with van der Waals surface area (Å²) >= 11 is 0. The van der Waals surface area contributed by atoms with Crippen molar-refractivity contribution >= 4 is 23.5 Å². The predicted molar refractivity (Wildman–Crippen MR) is 108 cm³/mol. The third-order valence-electron chi connectivity index (χ3n) is 4.66. The van der Waals surface area contributed by atoms with E-state index in [4.69, 9.17) is 9.84 Å². The van der Waals surface area contributed by atoms with Gasteiger partial charge >= 0.3 is 11.9 Å². The maximum atomic E-state index is 11.6. The van der Waals surface area contributed by atoms with Crippen molar-refractivity contribution in [2.24, 2.45) is 0 Å². The zero-order chi connectivity index (χ0) is 21.0. The van der Waals surface area contributed by atoms with E-state index in [0.717, 1.165) is 38.5 Å². The minimum Gasteiger partial charge on any atom is -0.481 e. The molecule has 0 spiro atoms. The molecule has 0 aliphatic heterocycles. The molecule has 28 heavy (non-hydrogen) atoms. The van der Waals surface area contributed by atoms with E-state index in [1.165, 1.54) is 38.5 Å². The molecule has 0 aliphatic rings. The van der Waals surface area contributed by atoms with Gasteiger partial charge in [-0.25, -0.2) is 0 Å². The smallest absolute Gasteiger partial charge is 0.313 e. The number of carbonyl (C=O) groups is 4. The number of Topliss-reactive ketones (excluding diaryl/α,β-unsaturated/α-hetero) is 2. The third-order valence-corrected chi connectivity index (χ3v) is 4.66. The largest absolute Gasteiger partial charge is 0.481 e. The minimum absolute atomic E-state index is 0.0234. The summed E-state index contributed by atoms with van der Waals surface area (Å²) in [5, 5.41) is 8.50. The molecule has 0 rings (SSSR count). The molecule has 0 saturated heterocycles. The van der Waals surface area contributed by atoms with Gasteiger partial charge in [-0.15, -0.1) is 0 Å². The van der Waals surface area contributed by atoms with Crippen LogP contribution in [0.2, 0.25) is 0 Å². The van der Waals surface area contributed by atoms with Crippen LogP contribution in [0.5, 0.6) is 0 Å². The Morgan fingerprint density at radius 1 is 0.607 bits per heavy atom. The van der Waals surface area contributed by atoms with E-state index < -0.39 is 11.9 Å². The van der Waals surface area contributed by atoms with Gasteiger partial charge in [0.15, 0.2) is 0 Å². The molecule has 0 aromatic heterocycles. The number of carboxylic acid groups (broad SMARTS) is 1. The number of ether oxygens (including phenoxy) is 1. The second-order valence-electron chi connectivity index (χ2n) is 7.37. The molecule has 0 saturated carbocycles. The number of rotatable bonds is 20. The van der Waals surface area contributed by atoms with Crippen molar-refractivity contribution in [1.82, 2.24) is 0 Å². The van der Waals surface area contributed by atoms with Gasteiger partial charge in [-0.3, -0.25) is 19.2 Å². The van der Waals surface area contributed by atoms with Crippen LogP contribution in [-0.4, -0.2) is 35.2 Å². The fourth-order valence-electron chi connectivity index (χ4n) is 3.13. The normalized spacial score (nSPS) is 10.6. The summed E-state index contributed by atoms with van der Waals surface area (Å²) in [5.41, 5.74) is 0. The number of carboxylic acids is 1. The zero-order valence-electron chi connectivity index (χ0n) is 17.5. The molecule has 0 aliphatic carbocycles. The van der Waals surface area contributed by atoms with Gasteiger partial charge in [-0.05, 0) is 19.8 Å². The van der Waals surface area contributed by atoms with Crippen LogP contribution < -0.4 is 0 Å². The molecular weight excluding hydrogens is 360 g/mol. The molecule has 0 aromatic carbocycles. The summed E-state index contributed by atoms with van der Waals surface area (Å²) in [7, 11) is 0. The van der Waals surface area contributed by atoms with Crippen molar-refractivity contribution in [2.75, 3.05) is 6.61 Å². The average Bonchev–Trinajstić information content (AvgIpc) is 2.61. The van der Waals surface area contributed by atoms with Gasteiger partial charge in [-0.2, -0.15) is 0 Å². The molecule has 0 radical (unpaired) electrons. The van der Waals surface area contributed by atoms with Crippen LogP contribution >= 0.6 is 0 Å². The molecule has 0 bridgehead atoms. The van der Waals surface area contributed by atoms with Crippen molar-refractivity contribution in [3.05, 3.63) is 0 Å². The highest BCUT2D eigenvalue weighted by atomic mass is 16.5. The van der Waals surface area contributed by atoms with Crippen LogP contribution in [-0.2, 0) is 23.9 Å². The number of aliphatic carboxylic acids is 1. The van der Waals surface area contributed by atoms with Gasteiger partial charge < -0.3 is 9.84 Å². The first-order chi connectivity index (χ1) is 13.5. The Balaban J connectivity index is 3.25. The summed E-state index contributed by atoms with van der Waals surface area (Å²) in [5.74, 6) is -1.65. The van der Waals surface area contributed by atoms with E-state index in [1.807, 2.05) is 0 Å². The Bertz CT molecular complexity index is 458. The van der Waals surface area contributed by atoms with Crippen LogP contribution in [0.25, 0.3) is 0 Å². The van der Waals surface area contributed by atoms with Gasteiger partial charge in [0, 0.05) is 12.8 Å². The van der Waals surface area contributed by atoms with Gasteiger partial charge in [0.2, 0.25) is 0 Å². The van der Waals surface area contributed by atoms with Crippen LogP contribution in [0.4, 0.5) is 0 Å². The highest BCUT2D eigenvalue weighted by Crippen LogP contribution is 2.13. The molecule has 162 valence electrons. The standard InChI is InChI=1S/C22H38O6/c1-2-28-22(27)18-20(24)16-14-12-10-8-6-4-3-5-7-9-11-13-15-19(23)17-21(25)26/h2-18H2,1H3,(H,25,26). The minimum atomic E-state index is -1.03. The fraction of sp³-hybridized carbons (Fsp3) is 0.818. The number of unbranched alkanes of at least 4 members (excludes halogenated alkanes) is 11. The molecule has 6 heteroatoms. The summed E-state index contributed by atoms with van der Waals surface area (Å²) in [6.45, 7) is 2.06. The second kappa shape index (κ2) is 18.6. The van der Waals surface area contributed by atoms with Gasteiger partial charge in [0.25, 0.3) is 0 Å². The lowest BCUT2D eigenvalue weighted by Gasteiger charge is -2.04. The molecular formula is C22H38O6. The first kappa shape index (κ1) is 26.3. The quantitative estimate of drug-likeness (QED) is 0.176. The van der Waals surface area contributed by atoms with E-state index >= 15 is 0 Å². The first-order valence-corrected chi connectivity index (χ1v) is 10.9. The second-order valence-corrected chi connectivity index (χ2v) is 7.37. The monoisotopic (exact) mass is 398 g/mol. The Kier molecular flexibility index (Phi) is 17.5. The van der Waals surface area contributed by atoms with Crippen molar-refractivity contribution in [1.29, 1.82) is 0 Å². The van der Waals surface area contributed by atoms with Crippen molar-refractivity contribution in [3.63, 3.8) is 0 Å². The topological polar surface area (TPSA) is 97.7 Å². The van der Waals surface area contributed by atoms with Crippen LogP contribution in [0.15, 0.2) is 0 Å². The molecule has 0 heterocycles. The molecule has 0 aromatic rings. The first-order valence-electron chi connectivity index (χ1n) is 10.9. The van der Waals surface area contributed by atoms with Crippen molar-refractivity contribution < 1.29 is 29.0 Å². The van der Waals surface area contributed by atoms with E-state index in [0.29, 0.717) is 19.4 Å². The van der Waals surface area contributed by atoms with Crippen LogP contribution in [0.1, 0.15) is 110 Å². The Morgan fingerprint density at radius 2 is 0.964 bits per heavy atom. The Morgan fingerprint density at radius 3 is 1.32 bits per heavy atom. The van der Waals surface area contributed by atoms with Gasteiger partial charge in [-0.1, -0.05) is 64.2 Å². The van der Waals surface area contributed by atoms with E-state index in [2.05, 4.69) is 0 Å². The van der Waals surface area contributed by atoms with E-state index in [9.17, 15) is 19.2 Å². The lowest BCUT2D eigenvalue weighted by molar-refractivity contribution is -0.146. The number of esters is 1. The van der Waals surface area contributed by atoms with Crippen LogP contribution in [0, 0.1) is 0 Å². The molecule has 6 nitrogen and oxygen atoms in total. The Labute approximate surface area is 169 Å². The molecule has 0 amide bonds. The summed E-state index contributed by atoms with van der Waals surface area (Å²) < 4.78 is 4.76. The molecule has 0 atom stereocenters. The van der Waals surface area contributed by atoms with Gasteiger partial charge in [0.1, 0.15) is 24.4 Å². The van der Waals surface area contributed by atoms with E-state index in [1.54, 1.807) is 6.92 Å². The van der Waals surface area contributed by atoms with Crippen LogP contribution in [0.3, 0.4) is 0 Å². The predicted octanol–water partition coefficient (Wildman–Crippen LogP) is 5.01. The van der Waals surface area contributed by atoms with Crippen molar-refractivity contribution in [2.45, 2.75) is 110 Å². The number of hydrogen-bond donors (Lipinski definition) is 1. The SMILES string of the molecule is CCOC(=O)CC(=O)CCCCCCCCCCCCCCC(=O)CC(=O)O. The maximum absolute atomic E-state index is 11.6. The summed E-state index contributed by atoms with van der Waals surface area (Å²) in [6.07, 6.45) is 13.6. The fourth-order valence-corrected chi connectivity index (χ4v) is 3.13. The molecule has 0 fully saturated rings. The van der Waals surface area contributed by atoms with E-state index in [-0.39, 0.29) is 24.4 Å². The molecule has 0 unspecified atom stereocenters. The molecule has 1 N–H and O–H groups in total. The lowest BCUT2D eigenvalue weighted by Crippen LogP contribution is -2.10. The zero-order valence-corrected chi connectivity index (χ0v) is 17.5. The third kappa shape index (κ3) is 19.1. The highest BCUT2D eigenvalue weighted by molar-refractivity contribution is 5.95. The number of hydrogen-bond acceptors (Lipinski definition) is 5. The number of ketones is 2. The summed E-state index contributed by atoms with van der Waals surface area (Å²) in [4.78, 5) is 44.4. The number of carbonyl (C=O) groups excluding carboxylic acids is 3. The van der Waals surface area contributed by atoms with Gasteiger partial charge in [0.05, 0.1) is 6.61 Å².